The van der Waals surface area contributed by atoms with E-state index in [1.807, 2.05) is 85.8 Å². The van der Waals surface area contributed by atoms with Gasteiger partial charge in [-0.1, -0.05) is 71.3 Å². The van der Waals surface area contributed by atoms with Crippen molar-refractivity contribution < 1.29 is 23.3 Å². The molecule has 7 rings (SSSR count). The van der Waals surface area contributed by atoms with Crippen LogP contribution in [0, 0.1) is 24.3 Å². The van der Waals surface area contributed by atoms with Crippen LogP contribution in [0.5, 0.6) is 0 Å². The average molecular weight is 582 g/mol. The molecular weight excluding hydrogens is 552 g/mol. The minimum absolute atomic E-state index is 1.01. The van der Waals surface area contributed by atoms with Gasteiger partial charge in [0.1, 0.15) is 0 Å². The van der Waals surface area contributed by atoms with Crippen LogP contribution in [-0.2, 0) is 29.8 Å². The number of allylic oxidation sites excluding steroid dienone is 4. The van der Waals surface area contributed by atoms with Crippen molar-refractivity contribution >= 4 is 6.88 Å². The first-order chi connectivity index (χ1) is 18.9. The van der Waals surface area contributed by atoms with E-state index in [1.54, 1.807) is 23.3 Å². The molecule has 0 radical (unpaired) electrons. The smallest absolute Gasteiger partial charge is 0.0195 e. The SMILES string of the molecule is [C-]1=CC=CC1.[SiH2]=[Zr].[c-]1c(-c2ccccc2)ccc2c1Cc1ccccc1-2.[c-]1ccccc1.[c-]1ccccc1. The Hall–Kier alpha value is -3.32. The molecule has 0 saturated heterocycles. The van der Waals surface area contributed by atoms with Crippen molar-refractivity contribution in [3.05, 3.63) is 181 Å². The van der Waals surface area contributed by atoms with Crippen molar-refractivity contribution in [2.24, 2.45) is 0 Å². The Morgan fingerprint density at radius 1 is 0.605 bits per heavy atom. The first kappa shape index (κ1) is 29.2. The summed E-state index contributed by atoms with van der Waals surface area (Å²) in [7, 11) is 0. The zero-order valence-electron chi connectivity index (χ0n) is 21.5. The molecule has 186 valence electrons. The first-order valence-electron chi connectivity index (χ1n) is 12.5. The number of rotatable bonds is 1. The zero-order valence-corrected chi connectivity index (χ0v) is 25.3. The van der Waals surface area contributed by atoms with E-state index in [0.29, 0.717) is 0 Å². The van der Waals surface area contributed by atoms with Gasteiger partial charge in [0.15, 0.2) is 0 Å². The van der Waals surface area contributed by atoms with Crippen LogP contribution in [-0.4, -0.2) is 6.88 Å². The minimum Gasteiger partial charge on any atom is -0.184 e. The van der Waals surface area contributed by atoms with Crippen molar-refractivity contribution in [1.29, 1.82) is 0 Å². The fraction of sp³-hybridized carbons (Fsp3) is 0.0556. The molecule has 0 N–H and O–H groups in total. The molecule has 0 saturated carbocycles. The molecule has 0 fully saturated rings. The van der Waals surface area contributed by atoms with Gasteiger partial charge in [0.25, 0.3) is 0 Å². The molecule has 0 aliphatic heterocycles. The summed E-state index contributed by atoms with van der Waals surface area (Å²) in [5.74, 6) is 0. The maximum Gasteiger partial charge on any atom is -0.0195 e. The van der Waals surface area contributed by atoms with Crippen LogP contribution >= 0.6 is 0 Å². The van der Waals surface area contributed by atoms with E-state index < -0.39 is 0 Å². The van der Waals surface area contributed by atoms with Gasteiger partial charge in [-0.05, 0) is 12.0 Å². The Labute approximate surface area is 245 Å². The van der Waals surface area contributed by atoms with E-state index in [1.165, 1.54) is 33.4 Å². The van der Waals surface area contributed by atoms with E-state index in [9.17, 15) is 0 Å². The van der Waals surface area contributed by atoms with E-state index >= 15 is 0 Å². The molecule has 0 spiro atoms. The molecule has 0 aromatic heterocycles. The molecule has 0 amide bonds. The first-order valence-corrected chi connectivity index (χ1v) is 18.4. The largest absolute Gasteiger partial charge is 0.184 e. The molecule has 0 nitrogen and oxygen atoms in total. The van der Waals surface area contributed by atoms with Gasteiger partial charge in [-0.2, -0.15) is 78.9 Å². The van der Waals surface area contributed by atoms with Crippen LogP contribution in [0.1, 0.15) is 17.5 Å². The third-order valence-corrected chi connectivity index (χ3v) is 5.59. The Morgan fingerprint density at radius 3 is 1.71 bits per heavy atom. The molecule has 0 bridgehead atoms. The molecule has 2 aliphatic carbocycles. The summed E-state index contributed by atoms with van der Waals surface area (Å²) >= 11 is 1.58. The summed E-state index contributed by atoms with van der Waals surface area (Å²) < 4.78 is 0. The third kappa shape index (κ3) is 9.86. The summed E-state index contributed by atoms with van der Waals surface area (Å²) in [6.45, 7) is 1.95. The van der Waals surface area contributed by atoms with Crippen LogP contribution < -0.4 is 0 Å². The van der Waals surface area contributed by atoms with Gasteiger partial charge >= 0.3 is 30.2 Å². The van der Waals surface area contributed by atoms with E-state index in [-0.39, 0.29) is 0 Å². The Kier molecular flexibility index (Phi) is 13.9. The Morgan fingerprint density at radius 2 is 1.21 bits per heavy atom. The maximum atomic E-state index is 3.59. The number of fused-ring (bicyclic) bond motifs is 3. The molecule has 5 aromatic rings. The standard InChI is InChI=1S/C19H13.2C6H5.C5H5.H2Si.Zr/c1-2-6-14(7-3-1)15-10-11-19-17(12-15)13-16-8-4-5-9-18(16)19;2*1-2-4-6-5-3-1;1-2-4-5-3-1;;/h1-11H,13H2;2*1-5H;1-3H,4H2;1H2;/q4*-1;;. The predicted molar refractivity (Wildman–Crippen MR) is 160 cm³/mol. The summed E-state index contributed by atoms with van der Waals surface area (Å²) in [6, 6.07) is 52.1. The number of benzene rings is 5. The summed E-state index contributed by atoms with van der Waals surface area (Å²) in [4.78, 5) is 0. The predicted octanol–water partition coefficient (Wildman–Crippen LogP) is 8.09. The molecular formula is C36H30SiZr-4. The Balaban J connectivity index is 0.000000171. The second kappa shape index (κ2) is 18.0. The number of hydrogen-bond acceptors (Lipinski definition) is 0. The third-order valence-electron chi connectivity index (χ3n) is 5.59. The quantitative estimate of drug-likeness (QED) is 0.136. The minimum atomic E-state index is 1.01. The molecule has 0 heterocycles. The van der Waals surface area contributed by atoms with Crippen LogP contribution in [0.15, 0.2) is 146 Å². The molecule has 5 aromatic carbocycles. The van der Waals surface area contributed by atoms with Gasteiger partial charge in [-0.3, -0.25) is 6.08 Å². The van der Waals surface area contributed by atoms with Crippen molar-refractivity contribution in [2.45, 2.75) is 12.8 Å². The van der Waals surface area contributed by atoms with Crippen LogP contribution in [0.3, 0.4) is 0 Å². The monoisotopic (exact) mass is 580 g/mol. The van der Waals surface area contributed by atoms with Crippen LogP contribution in [0.25, 0.3) is 22.3 Å². The van der Waals surface area contributed by atoms with Gasteiger partial charge in [-0.25, -0.2) is 12.2 Å². The van der Waals surface area contributed by atoms with Crippen LogP contribution in [0.4, 0.5) is 0 Å². The van der Waals surface area contributed by atoms with Crippen LogP contribution in [0.2, 0.25) is 0 Å². The van der Waals surface area contributed by atoms with Gasteiger partial charge < -0.3 is 0 Å². The van der Waals surface area contributed by atoms with Gasteiger partial charge in [0, 0.05) is 0 Å². The normalized spacial score (nSPS) is 10.9. The molecule has 2 heteroatoms. The fourth-order valence-electron chi connectivity index (χ4n) is 3.87. The average Bonchev–Trinajstić information content (AvgIpc) is 3.73. The molecule has 0 unspecified atom stereocenters. The summed E-state index contributed by atoms with van der Waals surface area (Å²) in [6.07, 6.45) is 11.0. The second-order valence-electron chi connectivity index (χ2n) is 8.12. The van der Waals surface area contributed by atoms with Crippen molar-refractivity contribution in [1.82, 2.24) is 0 Å². The Bertz CT molecular complexity index is 1280. The maximum absolute atomic E-state index is 3.59. The van der Waals surface area contributed by atoms with Crippen molar-refractivity contribution in [3.8, 4) is 22.3 Å². The van der Waals surface area contributed by atoms with Gasteiger partial charge in [0.2, 0.25) is 0 Å². The van der Waals surface area contributed by atoms with E-state index in [4.69, 9.17) is 0 Å². The summed E-state index contributed by atoms with van der Waals surface area (Å²) in [5.41, 5.74) is 7.87. The zero-order chi connectivity index (χ0) is 26.7. The second-order valence-corrected chi connectivity index (χ2v) is 8.12. The fourth-order valence-corrected chi connectivity index (χ4v) is 3.87. The van der Waals surface area contributed by atoms with Gasteiger partial charge in [0.05, 0.1) is 0 Å². The van der Waals surface area contributed by atoms with Crippen molar-refractivity contribution in [3.63, 3.8) is 0 Å². The van der Waals surface area contributed by atoms with Gasteiger partial charge in [-0.15, -0.1) is 35.7 Å². The molecule has 0 atom stereocenters. The van der Waals surface area contributed by atoms with E-state index in [0.717, 1.165) is 12.8 Å². The topological polar surface area (TPSA) is 0 Å². The molecule has 2 aliphatic rings. The van der Waals surface area contributed by atoms with E-state index in [2.05, 4.69) is 91.0 Å². The van der Waals surface area contributed by atoms with Crippen molar-refractivity contribution in [2.75, 3.05) is 0 Å². The summed E-state index contributed by atoms with van der Waals surface area (Å²) in [5, 5.41) is 0. The molecule has 38 heavy (non-hydrogen) atoms. The number of hydrogen-bond donors (Lipinski definition) is 0.